The second-order valence-electron chi connectivity index (χ2n) is 7.20. The third kappa shape index (κ3) is 4.13. The Morgan fingerprint density at radius 1 is 0.963 bits per heavy atom. The zero-order valence-electron chi connectivity index (χ0n) is 15.4. The maximum atomic E-state index is 12.5. The number of aryl methyl sites for hydroxylation is 2. The molecule has 1 heterocycles. The van der Waals surface area contributed by atoms with E-state index in [4.69, 9.17) is 4.74 Å². The van der Waals surface area contributed by atoms with E-state index in [0.29, 0.717) is 11.3 Å². The molecule has 2 aliphatic rings. The Morgan fingerprint density at radius 2 is 1.78 bits per heavy atom. The average Bonchev–Trinajstić information content (AvgIpc) is 3.37. The van der Waals surface area contributed by atoms with Gasteiger partial charge in [0.1, 0.15) is 5.75 Å². The number of anilines is 1. The largest absolute Gasteiger partial charge is 0.484 e. The molecule has 2 aromatic carbocycles. The monoisotopic (exact) mass is 364 g/mol. The van der Waals surface area contributed by atoms with Crippen molar-refractivity contribution < 1.29 is 14.3 Å². The van der Waals surface area contributed by atoms with Crippen LogP contribution >= 0.6 is 0 Å². The summed E-state index contributed by atoms with van der Waals surface area (Å²) in [6.45, 7) is 1.57. The number of carbonyl (C=O) groups excluding carboxylic acids is 2. The molecular weight excluding hydrogens is 340 g/mol. The summed E-state index contributed by atoms with van der Waals surface area (Å²) in [6.07, 6.45) is 5.51. The lowest BCUT2D eigenvalue weighted by Gasteiger charge is -2.16. The van der Waals surface area contributed by atoms with Crippen molar-refractivity contribution in [3.8, 4) is 5.75 Å². The first kappa shape index (κ1) is 17.6. The van der Waals surface area contributed by atoms with Gasteiger partial charge in [0.05, 0.1) is 0 Å². The Hall–Kier alpha value is -2.82. The summed E-state index contributed by atoms with van der Waals surface area (Å²) in [5.41, 5.74) is 3.92. The van der Waals surface area contributed by atoms with Gasteiger partial charge in [0.25, 0.3) is 11.8 Å². The predicted octanol–water partition coefficient (Wildman–Crippen LogP) is 3.43. The van der Waals surface area contributed by atoms with Crippen LogP contribution in [0.3, 0.4) is 0 Å². The molecule has 1 saturated heterocycles. The predicted molar refractivity (Wildman–Crippen MR) is 104 cm³/mol. The van der Waals surface area contributed by atoms with E-state index in [-0.39, 0.29) is 18.4 Å². The van der Waals surface area contributed by atoms with E-state index in [2.05, 4.69) is 11.4 Å². The molecule has 2 amide bonds. The van der Waals surface area contributed by atoms with Crippen LogP contribution in [0.4, 0.5) is 5.69 Å². The number of ether oxygens (including phenoxy) is 1. The fourth-order valence-corrected chi connectivity index (χ4v) is 3.82. The highest BCUT2D eigenvalue weighted by Gasteiger charge is 2.19. The molecule has 0 radical (unpaired) electrons. The van der Waals surface area contributed by atoms with Gasteiger partial charge >= 0.3 is 0 Å². The van der Waals surface area contributed by atoms with Crippen molar-refractivity contribution in [3.63, 3.8) is 0 Å². The summed E-state index contributed by atoms with van der Waals surface area (Å²) < 4.78 is 5.64. The van der Waals surface area contributed by atoms with E-state index in [1.807, 2.05) is 17.0 Å². The number of benzene rings is 2. The standard InChI is InChI=1S/C22H24N2O3/c25-21(15-27-20-10-9-16-5-3-6-17(16)14-20)23-19-8-4-7-18(13-19)22(26)24-11-1-2-12-24/h4,7-10,13-14H,1-3,5-6,11-12,15H2,(H,23,25). The lowest BCUT2D eigenvalue weighted by Crippen LogP contribution is -2.27. The average molecular weight is 364 g/mol. The quantitative estimate of drug-likeness (QED) is 0.884. The third-order valence-corrected chi connectivity index (χ3v) is 5.23. The molecule has 0 aromatic heterocycles. The van der Waals surface area contributed by atoms with E-state index >= 15 is 0 Å². The summed E-state index contributed by atoms with van der Waals surface area (Å²) >= 11 is 0. The highest BCUT2D eigenvalue weighted by molar-refractivity contribution is 5.97. The molecule has 0 spiro atoms. The Bertz CT molecular complexity index is 856. The van der Waals surface area contributed by atoms with E-state index < -0.39 is 0 Å². The van der Waals surface area contributed by atoms with Gasteiger partial charge in [0.15, 0.2) is 6.61 Å². The molecule has 2 aromatic rings. The molecule has 140 valence electrons. The fraction of sp³-hybridized carbons (Fsp3) is 0.364. The van der Waals surface area contributed by atoms with Crippen molar-refractivity contribution in [1.29, 1.82) is 0 Å². The van der Waals surface area contributed by atoms with Crippen molar-refractivity contribution >= 4 is 17.5 Å². The molecule has 0 bridgehead atoms. The SMILES string of the molecule is O=C(COc1ccc2c(c1)CCC2)Nc1cccc(C(=O)N2CCCC2)c1. The van der Waals surface area contributed by atoms with Crippen LogP contribution in [0.2, 0.25) is 0 Å². The van der Waals surface area contributed by atoms with E-state index in [1.165, 1.54) is 17.5 Å². The third-order valence-electron chi connectivity index (χ3n) is 5.23. The van der Waals surface area contributed by atoms with Crippen LogP contribution in [0.5, 0.6) is 5.75 Å². The lowest BCUT2D eigenvalue weighted by molar-refractivity contribution is -0.118. The number of hydrogen-bond acceptors (Lipinski definition) is 3. The van der Waals surface area contributed by atoms with Crippen molar-refractivity contribution in [1.82, 2.24) is 4.90 Å². The van der Waals surface area contributed by atoms with Gasteiger partial charge in [-0.05, 0) is 73.6 Å². The van der Waals surface area contributed by atoms with Crippen molar-refractivity contribution in [2.45, 2.75) is 32.1 Å². The Balaban J connectivity index is 1.34. The van der Waals surface area contributed by atoms with Crippen LogP contribution in [-0.4, -0.2) is 36.4 Å². The molecule has 0 atom stereocenters. The van der Waals surface area contributed by atoms with Crippen LogP contribution in [0.15, 0.2) is 42.5 Å². The highest BCUT2D eigenvalue weighted by Crippen LogP contribution is 2.26. The molecule has 1 N–H and O–H groups in total. The molecule has 4 rings (SSSR count). The number of nitrogens with one attached hydrogen (secondary N) is 1. The molecule has 0 unspecified atom stereocenters. The van der Waals surface area contributed by atoms with Crippen LogP contribution < -0.4 is 10.1 Å². The van der Waals surface area contributed by atoms with Gasteiger partial charge in [0.2, 0.25) is 0 Å². The zero-order valence-corrected chi connectivity index (χ0v) is 15.4. The smallest absolute Gasteiger partial charge is 0.262 e. The Labute approximate surface area is 159 Å². The van der Waals surface area contributed by atoms with Gasteiger partial charge in [-0.3, -0.25) is 9.59 Å². The molecule has 1 fully saturated rings. The zero-order chi connectivity index (χ0) is 18.6. The molecule has 0 saturated carbocycles. The summed E-state index contributed by atoms with van der Waals surface area (Å²) in [6, 6.07) is 13.1. The number of hydrogen-bond donors (Lipinski definition) is 1. The van der Waals surface area contributed by atoms with Crippen LogP contribution in [-0.2, 0) is 17.6 Å². The number of amides is 2. The summed E-state index contributed by atoms with van der Waals surface area (Å²) in [5.74, 6) is 0.517. The normalized spacial score (nSPS) is 15.5. The minimum atomic E-state index is -0.235. The van der Waals surface area contributed by atoms with Gasteiger partial charge < -0.3 is 15.0 Å². The first-order chi connectivity index (χ1) is 13.2. The summed E-state index contributed by atoms with van der Waals surface area (Å²) in [7, 11) is 0. The van der Waals surface area contributed by atoms with Crippen LogP contribution in [0.1, 0.15) is 40.7 Å². The van der Waals surface area contributed by atoms with Gasteiger partial charge in [-0.2, -0.15) is 0 Å². The first-order valence-corrected chi connectivity index (χ1v) is 9.63. The van der Waals surface area contributed by atoms with Crippen LogP contribution in [0, 0.1) is 0 Å². The van der Waals surface area contributed by atoms with Crippen molar-refractivity contribution in [2.24, 2.45) is 0 Å². The number of likely N-dealkylation sites (tertiary alicyclic amines) is 1. The highest BCUT2D eigenvalue weighted by atomic mass is 16.5. The first-order valence-electron chi connectivity index (χ1n) is 9.63. The molecule has 1 aliphatic heterocycles. The van der Waals surface area contributed by atoms with E-state index in [9.17, 15) is 9.59 Å². The van der Waals surface area contributed by atoms with Gasteiger partial charge in [-0.25, -0.2) is 0 Å². The maximum absolute atomic E-state index is 12.5. The number of carbonyl (C=O) groups is 2. The molecular formula is C22H24N2O3. The van der Waals surface area contributed by atoms with E-state index in [0.717, 1.165) is 44.5 Å². The van der Waals surface area contributed by atoms with Gasteiger partial charge in [0, 0.05) is 24.3 Å². The summed E-state index contributed by atoms with van der Waals surface area (Å²) in [5, 5.41) is 2.82. The molecule has 27 heavy (non-hydrogen) atoms. The minimum absolute atomic E-state index is 0.0259. The van der Waals surface area contributed by atoms with Crippen molar-refractivity contribution in [2.75, 3.05) is 25.0 Å². The molecule has 1 aliphatic carbocycles. The molecule has 5 heteroatoms. The number of fused-ring (bicyclic) bond motifs is 1. The number of rotatable bonds is 5. The van der Waals surface area contributed by atoms with Crippen LogP contribution in [0.25, 0.3) is 0 Å². The topological polar surface area (TPSA) is 58.6 Å². The lowest BCUT2D eigenvalue weighted by atomic mass is 10.1. The Kier molecular flexibility index (Phi) is 5.10. The number of nitrogens with zero attached hydrogens (tertiary/aromatic N) is 1. The Morgan fingerprint density at radius 3 is 2.63 bits per heavy atom. The second-order valence-corrected chi connectivity index (χ2v) is 7.20. The second kappa shape index (κ2) is 7.82. The minimum Gasteiger partial charge on any atom is -0.484 e. The molecule has 5 nitrogen and oxygen atoms in total. The summed E-state index contributed by atoms with van der Waals surface area (Å²) in [4.78, 5) is 26.6. The van der Waals surface area contributed by atoms with Gasteiger partial charge in [-0.1, -0.05) is 12.1 Å². The maximum Gasteiger partial charge on any atom is 0.262 e. The van der Waals surface area contributed by atoms with Crippen molar-refractivity contribution in [3.05, 3.63) is 59.2 Å². The fourth-order valence-electron chi connectivity index (χ4n) is 3.82. The van der Waals surface area contributed by atoms with E-state index in [1.54, 1.807) is 24.3 Å². The van der Waals surface area contributed by atoms with Gasteiger partial charge in [-0.15, -0.1) is 0 Å².